The lowest BCUT2D eigenvalue weighted by Gasteiger charge is -2.43. The third-order valence-electron chi connectivity index (χ3n) is 5.44. The van der Waals surface area contributed by atoms with E-state index in [9.17, 15) is 0 Å². The Bertz CT molecular complexity index is 540. The molecule has 1 unspecified atom stereocenters. The zero-order chi connectivity index (χ0) is 17.0. The van der Waals surface area contributed by atoms with Gasteiger partial charge < -0.3 is 19.3 Å². The zero-order valence-corrected chi connectivity index (χ0v) is 15.0. The molecule has 0 N–H and O–H groups in total. The van der Waals surface area contributed by atoms with Crippen molar-refractivity contribution < 1.29 is 9.47 Å². The Morgan fingerprint density at radius 2 is 1.72 bits per heavy atom. The first kappa shape index (κ1) is 17.1. The Morgan fingerprint density at radius 1 is 0.920 bits per heavy atom. The minimum absolute atomic E-state index is 0.279. The fourth-order valence-electron chi connectivity index (χ4n) is 4.12. The monoisotopic (exact) mass is 347 g/mol. The topological polar surface area (TPSA) is 54.0 Å². The first-order valence-electron chi connectivity index (χ1n) is 9.51. The average Bonchev–Trinajstić information content (AvgIpc) is 3.10. The van der Waals surface area contributed by atoms with Crippen molar-refractivity contribution in [2.45, 2.75) is 18.4 Å². The summed E-state index contributed by atoms with van der Waals surface area (Å²) in [5.41, 5.74) is -0.279. The van der Waals surface area contributed by atoms with Crippen LogP contribution in [0.5, 0.6) is 0 Å². The highest BCUT2D eigenvalue weighted by atomic mass is 16.5. The van der Waals surface area contributed by atoms with Crippen molar-refractivity contribution in [2.75, 3.05) is 77.1 Å². The van der Waals surface area contributed by atoms with Crippen molar-refractivity contribution in [2.24, 2.45) is 0 Å². The van der Waals surface area contributed by atoms with Crippen molar-refractivity contribution in [1.29, 1.82) is 0 Å². The fraction of sp³-hybridized carbons (Fsp3) is 0.778. The molecule has 0 bridgehead atoms. The second-order valence-electron chi connectivity index (χ2n) is 7.38. The Labute approximate surface area is 149 Å². The highest BCUT2D eigenvalue weighted by Gasteiger charge is 2.40. The van der Waals surface area contributed by atoms with E-state index in [2.05, 4.69) is 24.7 Å². The zero-order valence-electron chi connectivity index (χ0n) is 15.0. The van der Waals surface area contributed by atoms with E-state index >= 15 is 0 Å². The molecule has 0 aromatic carbocycles. The number of morpholine rings is 1. The van der Waals surface area contributed by atoms with Gasteiger partial charge in [-0.1, -0.05) is 0 Å². The van der Waals surface area contributed by atoms with Gasteiger partial charge in [0.1, 0.15) is 5.60 Å². The molecule has 3 aliphatic heterocycles. The van der Waals surface area contributed by atoms with E-state index in [-0.39, 0.29) is 5.60 Å². The molecule has 0 saturated carbocycles. The first-order valence-corrected chi connectivity index (χ1v) is 9.51. The molecule has 0 amide bonds. The maximum atomic E-state index is 6.26. The number of hydrogen-bond acceptors (Lipinski definition) is 7. The molecule has 3 aliphatic rings. The summed E-state index contributed by atoms with van der Waals surface area (Å²) >= 11 is 0. The van der Waals surface area contributed by atoms with Crippen LogP contribution in [0.25, 0.3) is 0 Å². The SMILES string of the molecule is c1cnc(N2CCOCC3(CN(CCN4CCCC4)CCO3)C2)nc1. The quantitative estimate of drug-likeness (QED) is 0.785. The first-order chi connectivity index (χ1) is 12.3. The molecule has 1 aromatic rings. The van der Waals surface area contributed by atoms with Gasteiger partial charge in [-0.25, -0.2) is 9.97 Å². The Kier molecular flexibility index (Phi) is 5.45. The maximum absolute atomic E-state index is 6.26. The van der Waals surface area contributed by atoms with E-state index in [1.807, 2.05) is 6.07 Å². The van der Waals surface area contributed by atoms with E-state index in [1.54, 1.807) is 12.4 Å². The summed E-state index contributed by atoms with van der Waals surface area (Å²) in [6, 6.07) is 1.85. The summed E-state index contributed by atoms with van der Waals surface area (Å²) in [5.74, 6) is 0.769. The molecule has 138 valence electrons. The van der Waals surface area contributed by atoms with Gasteiger partial charge in [0.05, 0.1) is 26.4 Å². The van der Waals surface area contributed by atoms with Gasteiger partial charge >= 0.3 is 0 Å². The van der Waals surface area contributed by atoms with Crippen LogP contribution in [0.2, 0.25) is 0 Å². The second kappa shape index (κ2) is 7.95. The Morgan fingerprint density at radius 3 is 2.56 bits per heavy atom. The van der Waals surface area contributed by atoms with Crippen LogP contribution in [0, 0.1) is 0 Å². The van der Waals surface area contributed by atoms with E-state index in [0.29, 0.717) is 13.2 Å². The van der Waals surface area contributed by atoms with Crippen LogP contribution in [0.3, 0.4) is 0 Å². The van der Waals surface area contributed by atoms with Gasteiger partial charge in [-0.05, 0) is 32.0 Å². The molecular weight excluding hydrogens is 318 g/mol. The average molecular weight is 347 g/mol. The van der Waals surface area contributed by atoms with Gasteiger partial charge in [-0.3, -0.25) is 4.90 Å². The lowest BCUT2D eigenvalue weighted by molar-refractivity contribution is -0.132. The van der Waals surface area contributed by atoms with Gasteiger partial charge in [-0.2, -0.15) is 0 Å². The third-order valence-corrected chi connectivity index (χ3v) is 5.44. The van der Waals surface area contributed by atoms with Gasteiger partial charge in [0.2, 0.25) is 5.95 Å². The summed E-state index contributed by atoms with van der Waals surface area (Å²) < 4.78 is 12.2. The molecule has 0 aliphatic carbocycles. The number of hydrogen-bond donors (Lipinski definition) is 0. The van der Waals surface area contributed by atoms with Crippen molar-refractivity contribution >= 4 is 5.95 Å². The highest BCUT2D eigenvalue weighted by molar-refractivity contribution is 5.30. The molecule has 1 spiro atoms. The van der Waals surface area contributed by atoms with Gasteiger partial charge in [-0.15, -0.1) is 0 Å². The van der Waals surface area contributed by atoms with Crippen LogP contribution in [0.1, 0.15) is 12.8 Å². The van der Waals surface area contributed by atoms with Gasteiger partial charge in [0.25, 0.3) is 0 Å². The molecule has 1 aromatic heterocycles. The minimum atomic E-state index is -0.279. The summed E-state index contributed by atoms with van der Waals surface area (Å²) in [6.07, 6.45) is 6.30. The van der Waals surface area contributed by atoms with Crippen molar-refractivity contribution in [3.05, 3.63) is 18.5 Å². The van der Waals surface area contributed by atoms with Crippen LogP contribution < -0.4 is 4.90 Å². The molecule has 4 rings (SSSR count). The molecule has 1 atom stereocenters. The van der Waals surface area contributed by atoms with Crippen LogP contribution in [-0.2, 0) is 9.47 Å². The van der Waals surface area contributed by atoms with Gasteiger partial charge in [0.15, 0.2) is 0 Å². The summed E-state index contributed by atoms with van der Waals surface area (Å²) in [4.78, 5) is 16.2. The van der Waals surface area contributed by atoms with Crippen LogP contribution in [0.15, 0.2) is 18.5 Å². The smallest absolute Gasteiger partial charge is 0.225 e. The number of likely N-dealkylation sites (tertiary alicyclic amines) is 1. The molecule has 7 nitrogen and oxygen atoms in total. The van der Waals surface area contributed by atoms with E-state index in [4.69, 9.17) is 9.47 Å². The van der Waals surface area contributed by atoms with E-state index < -0.39 is 0 Å². The molecule has 3 saturated heterocycles. The second-order valence-corrected chi connectivity index (χ2v) is 7.38. The van der Waals surface area contributed by atoms with Gasteiger partial charge in [0, 0.05) is 45.1 Å². The summed E-state index contributed by atoms with van der Waals surface area (Å²) in [6.45, 7) is 10.5. The maximum Gasteiger partial charge on any atom is 0.225 e. The van der Waals surface area contributed by atoms with Crippen molar-refractivity contribution in [3.8, 4) is 0 Å². The molecule has 3 fully saturated rings. The number of anilines is 1. The summed E-state index contributed by atoms with van der Waals surface area (Å²) in [5, 5.41) is 0. The molecular formula is C18H29N5O2. The van der Waals surface area contributed by atoms with Crippen LogP contribution in [-0.4, -0.2) is 97.5 Å². The predicted molar refractivity (Wildman–Crippen MR) is 95.9 cm³/mol. The van der Waals surface area contributed by atoms with E-state index in [1.165, 1.54) is 32.5 Å². The largest absolute Gasteiger partial charge is 0.376 e. The molecule has 4 heterocycles. The molecule has 7 heteroatoms. The third kappa shape index (κ3) is 4.28. The van der Waals surface area contributed by atoms with Crippen molar-refractivity contribution in [1.82, 2.24) is 19.8 Å². The minimum Gasteiger partial charge on any atom is -0.376 e. The highest BCUT2D eigenvalue weighted by Crippen LogP contribution is 2.24. The lowest BCUT2D eigenvalue weighted by atomic mass is 10.0. The van der Waals surface area contributed by atoms with E-state index in [0.717, 1.165) is 45.3 Å². The fourth-order valence-corrected chi connectivity index (χ4v) is 4.12. The standard InChI is InChI=1S/C18H29N5O2/c1-2-7-21(6-1)8-9-22-10-13-25-18(14-22)15-23(11-12-24-16-18)17-19-4-3-5-20-17/h3-5H,1-2,6-16H2. The number of ether oxygens (including phenoxy) is 2. The Balaban J connectivity index is 1.39. The number of rotatable bonds is 4. The van der Waals surface area contributed by atoms with Crippen LogP contribution in [0.4, 0.5) is 5.95 Å². The Hall–Kier alpha value is -1.28. The van der Waals surface area contributed by atoms with Crippen molar-refractivity contribution in [3.63, 3.8) is 0 Å². The molecule has 0 radical (unpaired) electrons. The van der Waals surface area contributed by atoms with Crippen LogP contribution >= 0.6 is 0 Å². The molecule has 25 heavy (non-hydrogen) atoms. The normalized spacial score (nSPS) is 29.2. The predicted octanol–water partition coefficient (Wildman–Crippen LogP) is 0.480. The number of nitrogens with zero attached hydrogens (tertiary/aromatic N) is 5. The number of aromatic nitrogens is 2. The summed E-state index contributed by atoms with van der Waals surface area (Å²) in [7, 11) is 0. The lowest BCUT2D eigenvalue weighted by Crippen LogP contribution is -2.59.